The normalized spacial score (nSPS) is 24.6. The second-order valence-corrected chi connectivity index (χ2v) is 9.07. The number of benzene rings is 1. The minimum absolute atomic E-state index is 0.0469. The monoisotopic (exact) mass is 398 g/mol. The van der Waals surface area contributed by atoms with E-state index in [4.69, 9.17) is 9.47 Å². The van der Waals surface area contributed by atoms with Gasteiger partial charge in [-0.05, 0) is 59.8 Å². The van der Waals surface area contributed by atoms with E-state index >= 15 is 0 Å². The zero-order valence-electron chi connectivity index (χ0n) is 19.4. The summed E-state index contributed by atoms with van der Waals surface area (Å²) in [6, 6.07) is 7.12. The molecule has 160 valence electrons. The summed E-state index contributed by atoms with van der Waals surface area (Å²) in [5.74, 6) is 1.53. The summed E-state index contributed by atoms with van der Waals surface area (Å²) < 4.78 is 10.6. The van der Waals surface area contributed by atoms with E-state index in [-0.39, 0.29) is 11.4 Å². The molecule has 3 atom stereocenters. The molecule has 0 aromatic heterocycles. The van der Waals surface area contributed by atoms with Crippen LogP contribution in [0.3, 0.4) is 0 Å². The highest BCUT2D eigenvalue weighted by Crippen LogP contribution is 2.61. The Labute approximate surface area is 177 Å². The molecule has 0 saturated heterocycles. The van der Waals surface area contributed by atoms with Gasteiger partial charge in [-0.3, -0.25) is 0 Å². The minimum Gasteiger partial charge on any atom is -0.463 e. The van der Waals surface area contributed by atoms with Crippen molar-refractivity contribution in [3.8, 4) is 0 Å². The average molecular weight is 399 g/mol. The summed E-state index contributed by atoms with van der Waals surface area (Å²) in [6.07, 6.45) is 5.85. The van der Waals surface area contributed by atoms with E-state index < -0.39 is 0 Å². The van der Waals surface area contributed by atoms with Crippen LogP contribution in [-0.4, -0.2) is 26.3 Å². The highest BCUT2D eigenvalue weighted by atomic mass is 16.5. The predicted octanol–water partition coefficient (Wildman–Crippen LogP) is 6.15. The first-order chi connectivity index (χ1) is 13.6. The molecule has 0 N–H and O–H groups in total. The van der Waals surface area contributed by atoms with Crippen LogP contribution in [0.25, 0.3) is 0 Å². The third-order valence-corrected chi connectivity index (χ3v) is 6.26. The van der Waals surface area contributed by atoms with Gasteiger partial charge in [-0.1, -0.05) is 65.0 Å². The Morgan fingerprint density at radius 3 is 2.21 bits per heavy atom. The lowest BCUT2D eigenvalue weighted by Crippen LogP contribution is -2.10. The first kappa shape index (κ1) is 23.4. The summed E-state index contributed by atoms with van der Waals surface area (Å²) in [5, 5.41) is 0. The molecule has 1 aliphatic carbocycles. The van der Waals surface area contributed by atoms with Gasteiger partial charge in [0.25, 0.3) is 0 Å². The van der Waals surface area contributed by atoms with Crippen LogP contribution in [-0.2, 0) is 19.7 Å². The van der Waals surface area contributed by atoms with Crippen molar-refractivity contribution < 1.29 is 14.3 Å². The Bertz CT molecular complexity index is 746. The summed E-state index contributed by atoms with van der Waals surface area (Å²) in [5.41, 5.74) is 5.16. The Morgan fingerprint density at radius 1 is 1.14 bits per heavy atom. The molecular weight excluding hydrogens is 360 g/mol. The van der Waals surface area contributed by atoms with Crippen LogP contribution in [0.5, 0.6) is 0 Å². The molecule has 3 heteroatoms. The SMILES string of the molecule is CCOC(=O)/C=C(C)/C=C/[C@H]1[C@H](COC)[C@@]1(C)c1cc(C(C)C)cc(C(C)C)c1. The lowest BCUT2D eigenvalue weighted by molar-refractivity contribution is -0.137. The summed E-state index contributed by atoms with van der Waals surface area (Å²) >= 11 is 0. The number of carbonyl (C=O) groups is 1. The summed E-state index contributed by atoms with van der Waals surface area (Å²) in [7, 11) is 1.77. The van der Waals surface area contributed by atoms with E-state index in [9.17, 15) is 4.79 Å². The molecule has 29 heavy (non-hydrogen) atoms. The topological polar surface area (TPSA) is 35.5 Å². The van der Waals surface area contributed by atoms with Gasteiger partial charge in [0.05, 0.1) is 13.2 Å². The molecule has 0 amide bonds. The van der Waals surface area contributed by atoms with Gasteiger partial charge in [0.15, 0.2) is 0 Å². The molecular formula is C26H38O3. The van der Waals surface area contributed by atoms with Crippen LogP contribution in [0.15, 0.2) is 42.0 Å². The molecule has 3 nitrogen and oxygen atoms in total. The highest BCUT2D eigenvalue weighted by molar-refractivity contribution is 5.83. The molecule has 0 heterocycles. The molecule has 0 bridgehead atoms. The van der Waals surface area contributed by atoms with Gasteiger partial charge in [-0.15, -0.1) is 0 Å². The lowest BCUT2D eigenvalue weighted by Gasteiger charge is -2.19. The standard InChI is InChI=1S/C26H38O3/c1-9-29-25(27)12-19(6)10-11-23-24(16-28-8)26(23,7)22-14-20(17(2)3)13-21(15-22)18(4)5/h10-15,17-18,23-24H,9,16H2,1-8H3/b11-10+,19-12+/t23-,24-,26-/m0/s1. The fraction of sp³-hybridized carbons (Fsp3) is 0.577. The fourth-order valence-corrected chi connectivity index (χ4v) is 4.16. The molecule has 1 aromatic carbocycles. The third-order valence-electron chi connectivity index (χ3n) is 6.26. The largest absolute Gasteiger partial charge is 0.463 e. The molecule has 1 fully saturated rings. The van der Waals surface area contributed by atoms with Crippen molar-refractivity contribution >= 4 is 5.97 Å². The van der Waals surface area contributed by atoms with Gasteiger partial charge in [-0.25, -0.2) is 4.79 Å². The van der Waals surface area contributed by atoms with Crippen molar-refractivity contribution in [2.45, 2.75) is 65.7 Å². The van der Waals surface area contributed by atoms with E-state index in [1.54, 1.807) is 13.2 Å². The Kier molecular flexibility index (Phi) is 7.87. The zero-order chi connectivity index (χ0) is 21.8. The van der Waals surface area contributed by atoms with Gasteiger partial charge in [0, 0.05) is 18.6 Å². The third kappa shape index (κ3) is 5.39. The Morgan fingerprint density at radius 2 is 1.72 bits per heavy atom. The summed E-state index contributed by atoms with van der Waals surface area (Å²) in [4.78, 5) is 11.7. The number of esters is 1. The van der Waals surface area contributed by atoms with Gasteiger partial charge in [0.2, 0.25) is 0 Å². The van der Waals surface area contributed by atoms with E-state index in [0.29, 0.717) is 30.3 Å². The predicted molar refractivity (Wildman–Crippen MR) is 120 cm³/mol. The van der Waals surface area contributed by atoms with Gasteiger partial charge >= 0.3 is 5.97 Å². The zero-order valence-corrected chi connectivity index (χ0v) is 19.4. The van der Waals surface area contributed by atoms with Gasteiger partial charge < -0.3 is 9.47 Å². The minimum atomic E-state index is -0.284. The number of hydrogen-bond donors (Lipinski definition) is 0. The molecule has 0 aliphatic heterocycles. The van der Waals surface area contributed by atoms with E-state index in [0.717, 1.165) is 12.2 Å². The second kappa shape index (κ2) is 9.75. The van der Waals surface area contributed by atoms with Crippen LogP contribution >= 0.6 is 0 Å². The average Bonchev–Trinajstić information content (AvgIpc) is 3.23. The van der Waals surface area contributed by atoms with E-state index in [1.807, 2.05) is 19.9 Å². The quantitative estimate of drug-likeness (QED) is 0.284. The fourth-order valence-electron chi connectivity index (χ4n) is 4.16. The van der Waals surface area contributed by atoms with Crippen LogP contribution in [0.2, 0.25) is 0 Å². The highest BCUT2D eigenvalue weighted by Gasteiger charge is 2.60. The van der Waals surface area contributed by atoms with Crippen molar-refractivity contribution in [3.05, 3.63) is 58.7 Å². The van der Waals surface area contributed by atoms with Crippen LogP contribution in [0.4, 0.5) is 0 Å². The molecule has 0 radical (unpaired) electrons. The first-order valence-electron chi connectivity index (χ1n) is 10.8. The Balaban J connectivity index is 2.35. The number of hydrogen-bond acceptors (Lipinski definition) is 3. The number of allylic oxidation sites excluding steroid dienone is 3. The van der Waals surface area contributed by atoms with Crippen LogP contribution < -0.4 is 0 Å². The second-order valence-electron chi connectivity index (χ2n) is 9.07. The molecule has 1 saturated carbocycles. The number of ether oxygens (including phenoxy) is 2. The number of carbonyl (C=O) groups excluding carboxylic acids is 1. The maximum Gasteiger partial charge on any atom is 0.330 e. The molecule has 1 aliphatic rings. The van der Waals surface area contributed by atoms with Gasteiger partial charge in [-0.2, -0.15) is 0 Å². The van der Waals surface area contributed by atoms with E-state index in [1.165, 1.54) is 16.7 Å². The number of rotatable bonds is 9. The van der Waals surface area contributed by atoms with E-state index in [2.05, 4.69) is 58.9 Å². The smallest absolute Gasteiger partial charge is 0.330 e. The van der Waals surface area contributed by atoms with Crippen molar-refractivity contribution in [3.63, 3.8) is 0 Å². The van der Waals surface area contributed by atoms with Crippen molar-refractivity contribution in [1.29, 1.82) is 0 Å². The van der Waals surface area contributed by atoms with Crippen molar-refractivity contribution in [2.24, 2.45) is 11.8 Å². The number of methoxy groups -OCH3 is 1. The maximum atomic E-state index is 11.7. The lowest BCUT2D eigenvalue weighted by atomic mass is 9.86. The summed E-state index contributed by atoms with van der Waals surface area (Å²) in [6.45, 7) is 16.3. The Hall–Kier alpha value is -1.87. The van der Waals surface area contributed by atoms with Crippen molar-refractivity contribution in [2.75, 3.05) is 20.3 Å². The van der Waals surface area contributed by atoms with Crippen LogP contribution in [0, 0.1) is 11.8 Å². The first-order valence-corrected chi connectivity index (χ1v) is 10.8. The molecule has 1 aromatic rings. The maximum absolute atomic E-state index is 11.7. The molecule has 0 spiro atoms. The van der Waals surface area contributed by atoms with Gasteiger partial charge in [0.1, 0.15) is 0 Å². The molecule has 2 rings (SSSR count). The van der Waals surface area contributed by atoms with Crippen molar-refractivity contribution in [1.82, 2.24) is 0 Å². The van der Waals surface area contributed by atoms with Crippen LogP contribution in [0.1, 0.15) is 77.0 Å². The molecule has 0 unspecified atom stereocenters.